The van der Waals surface area contributed by atoms with Crippen LogP contribution in [0.5, 0.6) is 0 Å². The fourth-order valence-corrected chi connectivity index (χ4v) is 3.88. The highest BCUT2D eigenvalue weighted by Crippen LogP contribution is 2.20. The quantitative estimate of drug-likeness (QED) is 0.844. The Morgan fingerprint density at radius 3 is 2.64 bits per heavy atom. The van der Waals surface area contributed by atoms with Crippen LogP contribution in [-0.4, -0.2) is 50.2 Å². The number of nitrogens with zero attached hydrogens (tertiary/aromatic N) is 1. The molecule has 22 heavy (non-hydrogen) atoms. The van der Waals surface area contributed by atoms with Crippen LogP contribution in [0.25, 0.3) is 0 Å². The Kier molecular flexibility index (Phi) is 5.18. The van der Waals surface area contributed by atoms with Crippen molar-refractivity contribution >= 4 is 15.7 Å². The number of piperazine rings is 1. The van der Waals surface area contributed by atoms with Crippen molar-refractivity contribution < 1.29 is 17.6 Å². The molecule has 1 fully saturated rings. The molecule has 7 heteroatoms. The van der Waals surface area contributed by atoms with E-state index >= 15 is 0 Å². The van der Waals surface area contributed by atoms with E-state index in [-0.39, 0.29) is 23.3 Å². The van der Waals surface area contributed by atoms with Gasteiger partial charge in [-0.05, 0) is 38.1 Å². The van der Waals surface area contributed by atoms with Gasteiger partial charge in [-0.3, -0.25) is 4.79 Å². The van der Waals surface area contributed by atoms with Gasteiger partial charge in [-0.1, -0.05) is 0 Å². The predicted octanol–water partition coefficient (Wildman–Crippen LogP) is 1.20. The van der Waals surface area contributed by atoms with Gasteiger partial charge in [0.2, 0.25) is 5.91 Å². The maximum atomic E-state index is 12.9. The summed E-state index contributed by atoms with van der Waals surface area (Å²) in [4.78, 5) is 14.1. The van der Waals surface area contributed by atoms with Crippen molar-refractivity contribution in [3.8, 4) is 0 Å². The lowest BCUT2D eigenvalue weighted by Gasteiger charge is -2.34. The van der Waals surface area contributed by atoms with Gasteiger partial charge in [0, 0.05) is 32.1 Å². The number of halogens is 1. The second-order valence-electron chi connectivity index (χ2n) is 5.65. The van der Waals surface area contributed by atoms with Gasteiger partial charge >= 0.3 is 0 Å². The van der Waals surface area contributed by atoms with Gasteiger partial charge < -0.3 is 10.2 Å². The highest BCUT2D eigenvalue weighted by Gasteiger charge is 2.30. The number of hydrogen-bond donors (Lipinski definition) is 1. The summed E-state index contributed by atoms with van der Waals surface area (Å²) in [6, 6.07) is 4.75. The molecule has 0 radical (unpaired) electrons. The molecule has 1 amide bonds. The van der Waals surface area contributed by atoms with Crippen molar-refractivity contribution in [1.82, 2.24) is 10.2 Å². The maximum absolute atomic E-state index is 12.9. The molecule has 0 bridgehead atoms. The Morgan fingerprint density at radius 1 is 1.41 bits per heavy atom. The SMILES string of the molecule is CC1CNCCN1C(=O)CC(C)S(=O)(=O)c1ccc(F)cc1. The van der Waals surface area contributed by atoms with Crippen molar-refractivity contribution in [3.63, 3.8) is 0 Å². The van der Waals surface area contributed by atoms with Crippen LogP contribution in [0.1, 0.15) is 20.3 Å². The van der Waals surface area contributed by atoms with E-state index in [2.05, 4.69) is 5.32 Å². The topological polar surface area (TPSA) is 66.5 Å². The molecule has 0 saturated carbocycles. The largest absolute Gasteiger partial charge is 0.337 e. The summed E-state index contributed by atoms with van der Waals surface area (Å²) in [5.74, 6) is -0.649. The molecule has 0 aliphatic carbocycles. The van der Waals surface area contributed by atoms with Gasteiger partial charge in [0.25, 0.3) is 0 Å². The summed E-state index contributed by atoms with van der Waals surface area (Å²) in [6.45, 7) is 5.47. The molecule has 1 aromatic carbocycles. The third kappa shape index (κ3) is 3.64. The normalized spacial score (nSPS) is 20.7. The van der Waals surface area contributed by atoms with Gasteiger partial charge in [0.05, 0.1) is 10.1 Å². The van der Waals surface area contributed by atoms with E-state index < -0.39 is 20.9 Å². The Balaban J connectivity index is 2.08. The summed E-state index contributed by atoms with van der Waals surface area (Å²) in [5.41, 5.74) is 0. The van der Waals surface area contributed by atoms with Gasteiger partial charge in [-0.25, -0.2) is 12.8 Å². The molecule has 5 nitrogen and oxygen atoms in total. The molecule has 1 aliphatic heterocycles. The second kappa shape index (κ2) is 6.75. The van der Waals surface area contributed by atoms with Gasteiger partial charge in [-0.2, -0.15) is 0 Å². The molecule has 0 aromatic heterocycles. The minimum Gasteiger partial charge on any atom is -0.337 e. The lowest BCUT2D eigenvalue weighted by molar-refractivity contribution is -0.133. The highest BCUT2D eigenvalue weighted by atomic mass is 32.2. The monoisotopic (exact) mass is 328 g/mol. The van der Waals surface area contributed by atoms with Crippen molar-refractivity contribution in [3.05, 3.63) is 30.1 Å². The van der Waals surface area contributed by atoms with E-state index in [1.54, 1.807) is 4.90 Å². The summed E-state index contributed by atoms with van der Waals surface area (Å²) >= 11 is 0. The molecule has 1 heterocycles. The average molecular weight is 328 g/mol. The zero-order valence-corrected chi connectivity index (χ0v) is 13.6. The number of amides is 1. The molecule has 2 rings (SSSR count). The molecule has 1 N–H and O–H groups in total. The number of sulfone groups is 1. The molecule has 1 aromatic rings. The fraction of sp³-hybridized carbons (Fsp3) is 0.533. The van der Waals surface area contributed by atoms with E-state index in [0.717, 1.165) is 18.7 Å². The van der Waals surface area contributed by atoms with Gasteiger partial charge in [-0.15, -0.1) is 0 Å². The van der Waals surface area contributed by atoms with Crippen LogP contribution in [0, 0.1) is 5.82 Å². The first kappa shape index (κ1) is 16.9. The van der Waals surface area contributed by atoms with E-state index in [1.165, 1.54) is 19.1 Å². The van der Waals surface area contributed by atoms with Crippen LogP contribution in [0.3, 0.4) is 0 Å². The Labute approximate surface area is 130 Å². The lowest BCUT2D eigenvalue weighted by atomic mass is 10.2. The number of nitrogens with one attached hydrogen (secondary N) is 1. The number of carbonyl (C=O) groups is 1. The van der Waals surface area contributed by atoms with Gasteiger partial charge in [0.1, 0.15) is 5.82 Å². The van der Waals surface area contributed by atoms with Crippen molar-refractivity contribution in [2.75, 3.05) is 19.6 Å². The van der Waals surface area contributed by atoms with Crippen LogP contribution in [0.2, 0.25) is 0 Å². The first-order valence-corrected chi connectivity index (χ1v) is 8.86. The van der Waals surface area contributed by atoms with Crippen LogP contribution in [-0.2, 0) is 14.6 Å². The first-order valence-electron chi connectivity index (χ1n) is 7.32. The number of carbonyl (C=O) groups excluding carboxylic acids is 1. The molecule has 2 atom stereocenters. The van der Waals surface area contributed by atoms with Gasteiger partial charge in [0.15, 0.2) is 9.84 Å². The number of rotatable bonds is 4. The zero-order valence-electron chi connectivity index (χ0n) is 12.8. The zero-order chi connectivity index (χ0) is 16.3. The molecule has 1 saturated heterocycles. The van der Waals surface area contributed by atoms with E-state index in [9.17, 15) is 17.6 Å². The average Bonchev–Trinajstić information content (AvgIpc) is 2.48. The Bertz CT molecular complexity index is 631. The van der Waals surface area contributed by atoms with Crippen molar-refractivity contribution in [1.29, 1.82) is 0 Å². The summed E-state index contributed by atoms with van der Waals surface area (Å²) in [6.07, 6.45) is -0.0654. The fourth-order valence-electron chi connectivity index (χ4n) is 2.54. The van der Waals surface area contributed by atoms with E-state index in [1.807, 2.05) is 6.92 Å². The summed E-state index contributed by atoms with van der Waals surface area (Å²) < 4.78 is 37.8. The van der Waals surface area contributed by atoms with Crippen LogP contribution < -0.4 is 5.32 Å². The van der Waals surface area contributed by atoms with Crippen LogP contribution in [0.15, 0.2) is 29.2 Å². The second-order valence-corrected chi connectivity index (χ2v) is 8.02. The minimum atomic E-state index is -3.64. The molecular formula is C15H21FN2O3S. The third-order valence-corrected chi connectivity index (χ3v) is 6.11. The maximum Gasteiger partial charge on any atom is 0.224 e. The molecule has 122 valence electrons. The number of hydrogen-bond acceptors (Lipinski definition) is 4. The standard InChI is InChI=1S/C15H21FN2O3S/c1-11-10-17-7-8-18(11)15(19)9-12(2)22(20,21)14-5-3-13(16)4-6-14/h3-6,11-12,17H,7-10H2,1-2H3. The lowest BCUT2D eigenvalue weighted by Crippen LogP contribution is -2.52. The molecule has 0 spiro atoms. The predicted molar refractivity (Wildman–Crippen MR) is 81.7 cm³/mol. The Hall–Kier alpha value is -1.47. The third-order valence-electron chi connectivity index (χ3n) is 3.96. The number of benzene rings is 1. The van der Waals surface area contributed by atoms with Crippen LogP contribution >= 0.6 is 0 Å². The van der Waals surface area contributed by atoms with Crippen molar-refractivity contribution in [2.45, 2.75) is 36.5 Å². The molecule has 2 unspecified atom stereocenters. The van der Waals surface area contributed by atoms with Crippen LogP contribution in [0.4, 0.5) is 4.39 Å². The molecule has 1 aliphatic rings. The van der Waals surface area contributed by atoms with E-state index in [0.29, 0.717) is 13.1 Å². The summed E-state index contributed by atoms with van der Waals surface area (Å²) in [5, 5.41) is 2.35. The molecular weight excluding hydrogens is 307 g/mol. The first-order chi connectivity index (χ1) is 10.3. The minimum absolute atomic E-state index is 0.0440. The van der Waals surface area contributed by atoms with Crippen molar-refractivity contribution in [2.24, 2.45) is 0 Å². The Morgan fingerprint density at radius 2 is 2.05 bits per heavy atom. The van der Waals surface area contributed by atoms with E-state index in [4.69, 9.17) is 0 Å². The highest BCUT2D eigenvalue weighted by molar-refractivity contribution is 7.92. The summed E-state index contributed by atoms with van der Waals surface area (Å²) in [7, 11) is -3.64. The smallest absolute Gasteiger partial charge is 0.224 e.